The van der Waals surface area contributed by atoms with Crippen molar-refractivity contribution in [3.05, 3.63) is 77.9 Å². The highest BCUT2D eigenvalue weighted by molar-refractivity contribution is 6.05. The van der Waals surface area contributed by atoms with Crippen molar-refractivity contribution in [1.29, 1.82) is 0 Å². The second kappa shape index (κ2) is 8.08. The number of aromatic nitrogens is 1. The Morgan fingerprint density at radius 1 is 1.07 bits per heavy atom. The second-order valence-corrected chi connectivity index (χ2v) is 6.65. The normalized spacial score (nSPS) is 10.7. The van der Waals surface area contributed by atoms with Crippen LogP contribution in [0.2, 0.25) is 0 Å². The van der Waals surface area contributed by atoms with Crippen molar-refractivity contribution in [2.75, 3.05) is 11.9 Å². The van der Waals surface area contributed by atoms with Crippen molar-refractivity contribution >= 4 is 28.7 Å². The fourth-order valence-electron chi connectivity index (χ4n) is 3.05. The van der Waals surface area contributed by atoms with Gasteiger partial charge >= 0.3 is 5.97 Å². The van der Waals surface area contributed by atoms with Gasteiger partial charge in [0.25, 0.3) is 5.91 Å². The summed E-state index contributed by atoms with van der Waals surface area (Å²) in [4.78, 5) is 28.1. The van der Waals surface area contributed by atoms with Crippen molar-refractivity contribution in [3.8, 4) is 17.2 Å². The van der Waals surface area contributed by atoms with E-state index in [1.165, 1.54) is 0 Å². The number of oxazole rings is 1. The zero-order chi connectivity index (χ0) is 21.1. The van der Waals surface area contributed by atoms with E-state index >= 15 is 0 Å². The van der Waals surface area contributed by atoms with Gasteiger partial charge in [0.15, 0.2) is 12.2 Å². The molecule has 30 heavy (non-hydrogen) atoms. The Balaban J connectivity index is 1.71. The molecule has 150 valence electrons. The number of carbonyl (C=O) groups is 2. The molecule has 7 heteroatoms. The van der Waals surface area contributed by atoms with Gasteiger partial charge in [0.1, 0.15) is 11.3 Å². The molecule has 0 spiro atoms. The predicted octanol–water partition coefficient (Wildman–Crippen LogP) is 4.52. The van der Waals surface area contributed by atoms with Crippen LogP contribution < -0.4 is 10.1 Å². The van der Waals surface area contributed by atoms with Crippen molar-refractivity contribution in [2.45, 2.75) is 6.92 Å². The maximum absolute atomic E-state index is 12.7. The molecule has 1 heterocycles. The molecule has 4 aromatic rings. The van der Waals surface area contributed by atoms with Gasteiger partial charge in [-0.1, -0.05) is 30.3 Å². The first-order valence-electron chi connectivity index (χ1n) is 9.23. The van der Waals surface area contributed by atoms with Crippen LogP contribution in [0, 0.1) is 6.92 Å². The fourth-order valence-corrected chi connectivity index (χ4v) is 3.05. The van der Waals surface area contributed by atoms with Crippen LogP contribution in [-0.4, -0.2) is 28.6 Å². The Morgan fingerprint density at radius 3 is 2.60 bits per heavy atom. The molecule has 0 unspecified atom stereocenters. The maximum Gasteiger partial charge on any atom is 0.341 e. The van der Waals surface area contributed by atoms with E-state index in [0.29, 0.717) is 27.9 Å². The van der Waals surface area contributed by atoms with Crippen LogP contribution in [0.25, 0.3) is 22.6 Å². The smallest absolute Gasteiger partial charge is 0.341 e. The van der Waals surface area contributed by atoms with E-state index in [0.717, 1.165) is 5.56 Å². The van der Waals surface area contributed by atoms with E-state index in [-0.39, 0.29) is 17.5 Å². The van der Waals surface area contributed by atoms with Crippen LogP contribution >= 0.6 is 0 Å². The first kappa shape index (κ1) is 19.2. The highest BCUT2D eigenvalue weighted by Crippen LogP contribution is 2.34. The highest BCUT2D eigenvalue weighted by atomic mass is 16.5. The molecule has 0 aliphatic heterocycles. The summed E-state index contributed by atoms with van der Waals surface area (Å²) in [6.45, 7) is 1.35. The van der Waals surface area contributed by atoms with E-state index in [4.69, 9.17) is 14.3 Å². The number of benzene rings is 3. The van der Waals surface area contributed by atoms with Crippen molar-refractivity contribution < 1.29 is 23.8 Å². The van der Waals surface area contributed by atoms with E-state index in [1.54, 1.807) is 36.4 Å². The van der Waals surface area contributed by atoms with Gasteiger partial charge in [-0.05, 0) is 48.9 Å². The summed E-state index contributed by atoms with van der Waals surface area (Å²) in [5.74, 6) is -0.798. The molecule has 1 amide bonds. The summed E-state index contributed by atoms with van der Waals surface area (Å²) in [5, 5.41) is 11.8. The number of carboxylic acid groups (broad SMARTS) is 1. The first-order chi connectivity index (χ1) is 14.5. The molecule has 0 saturated heterocycles. The van der Waals surface area contributed by atoms with Crippen molar-refractivity contribution in [2.24, 2.45) is 0 Å². The summed E-state index contributed by atoms with van der Waals surface area (Å²) in [5.41, 5.74) is 3.61. The minimum atomic E-state index is -1.10. The molecule has 0 fully saturated rings. The van der Waals surface area contributed by atoms with Crippen LogP contribution in [0.3, 0.4) is 0 Å². The number of hydrogen-bond donors (Lipinski definition) is 2. The number of aryl methyl sites for hydroxylation is 1. The van der Waals surface area contributed by atoms with Gasteiger partial charge in [-0.25, -0.2) is 9.78 Å². The molecular formula is C23H18N2O5. The molecule has 0 bridgehead atoms. The van der Waals surface area contributed by atoms with Crippen LogP contribution in [-0.2, 0) is 4.79 Å². The number of nitrogens with one attached hydrogen (secondary N) is 1. The molecule has 4 rings (SSSR count). The third-order valence-electron chi connectivity index (χ3n) is 4.50. The van der Waals surface area contributed by atoms with Gasteiger partial charge < -0.3 is 19.6 Å². The zero-order valence-electron chi connectivity index (χ0n) is 16.1. The number of ether oxygens (including phenoxy) is 1. The predicted molar refractivity (Wildman–Crippen MR) is 112 cm³/mol. The number of nitrogens with zero attached hydrogens (tertiary/aromatic N) is 1. The van der Waals surface area contributed by atoms with Crippen LogP contribution in [0.15, 0.2) is 71.1 Å². The number of amides is 1. The lowest BCUT2D eigenvalue weighted by atomic mass is 10.1. The summed E-state index contributed by atoms with van der Waals surface area (Å²) in [6.07, 6.45) is 0. The van der Waals surface area contributed by atoms with Gasteiger partial charge in [-0.15, -0.1) is 0 Å². The van der Waals surface area contributed by atoms with Gasteiger partial charge in [0, 0.05) is 11.3 Å². The molecule has 2 N–H and O–H groups in total. The lowest BCUT2D eigenvalue weighted by Crippen LogP contribution is -2.14. The Hall–Kier alpha value is -4.13. The Morgan fingerprint density at radius 2 is 1.83 bits per heavy atom. The average Bonchev–Trinajstić information content (AvgIpc) is 3.17. The molecule has 0 aliphatic carbocycles. The van der Waals surface area contributed by atoms with Gasteiger partial charge in [-0.2, -0.15) is 0 Å². The number of aliphatic carboxylic acids is 1. The minimum absolute atomic E-state index is 0.254. The number of fused-ring (bicyclic) bond motifs is 1. The number of rotatable bonds is 6. The SMILES string of the molecule is Cc1ccccc1C(=O)Nc1ccc(OCC(=O)O)c(-c2nc3ccccc3o2)c1. The van der Waals surface area contributed by atoms with Crippen molar-refractivity contribution in [1.82, 2.24) is 4.98 Å². The lowest BCUT2D eigenvalue weighted by molar-refractivity contribution is -0.139. The summed E-state index contributed by atoms with van der Waals surface area (Å²) in [7, 11) is 0. The minimum Gasteiger partial charge on any atom is -0.481 e. The quantitative estimate of drug-likeness (QED) is 0.492. The second-order valence-electron chi connectivity index (χ2n) is 6.65. The van der Waals surface area contributed by atoms with E-state index in [2.05, 4.69) is 10.3 Å². The topological polar surface area (TPSA) is 102 Å². The lowest BCUT2D eigenvalue weighted by Gasteiger charge is -2.12. The summed E-state index contributed by atoms with van der Waals surface area (Å²) < 4.78 is 11.2. The largest absolute Gasteiger partial charge is 0.481 e. The number of para-hydroxylation sites is 2. The number of hydrogen-bond acceptors (Lipinski definition) is 5. The number of carboxylic acids is 1. The van der Waals surface area contributed by atoms with Gasteiger partial charge in [0.2, 0.25) is 5.89 Å². The number of carbonyl (C=O) groups excluding carboxylic acids is 1. The van der Waals surface area contributed by atoms with Gasteiger partial charge in [-0.3, -0.25) is 4.79 Å². The Labute approximate surface area is 171 Å². The zero-order valence-corrected chi connectivity index (χ0v) is 16.1. The van der Waals surface area contributed by atoms with E-state index in [9.17, 15) is 9.59 Å². The Bertz CT molecular complexity index is 1210. The monoisotopic (exact) mass is 402 g/mol. The van der Waals surface area contributed by atoms with Crippen molar-refractivity contribution in [3.63, 3.8) is 0 Å². The highest BCUT2D eigenvalue weighted by Gasteiger charge is 2.17. The molecule has 0 radical (unpaired) electrons. The standard InChI is InChI=1S/C23H18N2O5/c1-14-6-2-3-7-16(14)22(28)24-15-10-11-19(29-13-21(26)27)17(12-15)23-25-18-8-4-5-9-20(18)30-23/h2-12H,13H2,1H3,(H,24,28)(H,26,27). The third kappa shape index (κ3) is 4.00. The molecular weight excluding hydrogens is 384 g/mol. The Kier molecular flexibility index (Phi) is 5.17. The van der Waals surface area contributed by atoms with E-state index in [1.807, 2.05) is 37.3 Å². The molecule has 1 aromatic heterocycles. The van der Waals surface area contributed by atoms with Crippen LogP contribution in [0.4, 0.5) is 5.69 Å². The third-order valence-corrected chi connectivity index (χ3v) is 4.50. The molecule has 7 nitrogen and oxygen atoms in total. The van der Waals surface area contributed by atoms with Crippen LogP contribution in [0.5, 0.6) is 5.75 Å². The fraction of sp³-hybridized carbons (Fsp3) is 0.0870. The number of anilines is 1. The summed E-state index contributed by atoms with van der Waals surface area (Å²) in [6, 6.07) is 19.4. The molecule has 3 aromatic carbocycles. The van der Waals surface area contributed by atoms with Crippen LogP contribution in [0.1, 0.15) is 15.9 Å². The average molecular weight is 402 g/mol. The molecule has 0 saturated carbocycles. The molecule has 0 atom stereocenters. The maximum atomic E-state index is 12.7. The molecule has 0 aliphatic rings. The first-order valence-corrected chi connectivity index (χ1v) is 9.23. The van der Waals surface area contributed by atoms with E-state index < -0.39 is 12.6 Å². The van der Waals surface area contributed by atoms with Gasteiger partial charge in [0.05, 0.1) is 5.56 Å². The summed E-state index contributed by atoms with van der Waals surface area (Å²) >= 11 is 0.